The fourth-order valence-corrected chi connectivity index (χ4v) is 1.73. The molecule has 0 atom stereocenters. The molecule has 0 aliphatic rings. The van der Waals surface area contributed by atoms with Crippen molar-refractivity contribution in [2.24, 2.45) is 0 Å². The molecule has 2 rings (SSSR count). The van der Waals surface area contributed by atoms with Crippen LogP contribution in [-0.4, -0.2) is 34.0 Å². The highest BCUT2D eigenvalue weighted by molar-refractivity contribution is 6.09. The van der Waals surface area contributed by atoms with E-state index in [1.165, 1.54) is 48.9 Å². The molecule has 102 valence electrons. The summed E-state index contributed by atoms with van der Waals surface area (Å²) < 4.78 is 0. The molecule has 20 heavy (non-hydrogen) atoms. The number of nitrogen functional groups attached to an aromatic ring is 1. The summed E-state index contributed by atoms with van der Waals surface area (Å²) in [5.74, 6) is -1.56. The number of hydrogen-bond acceptors (Lipinski definition) is 5. The normalized spacial score (nSPS) is 10.1. The van der Waals surface area contributed by atoms with Gasteiger partial charge in [0.1, 0.15) is 6.33 Å². The van der Waals surface area contributed by atoms with Gasteiger partial charge in [0.05, 0.1) is 16.8 Å². The van der Waals surface area contributed by atoms with Gasteiger partial charge in [0, 0.05) is 25.1 Å². The van der Waals surface area contributed by atoms with E-state index in [2.05, 4.69) is 9.97 Å². The van der Waals surface area contributed by atoms with Crippen molar-refractivity contribution in [2.75, 3.05) is 17.7 Å². The highest BCUT2D eigenvalue weighted by atomic mass is 16.4. The van der Waals surface area contributed by atoms with E-state index in [0.717, 1.165) is 0 Å². The molecule has 0 bridgehead atoms. The van der Waals surface area contributed by atoms with Crippen molar-refractivity contribution in [2.45, 2.75) is 0 Å². The van der Waals surface area contributed by atoms with E-state index < -0.39 is 11.9 Å². The average Bonchev–Trinajstić information content (AvgIpc) is 2.46. The van der Waals surface area contributed by atoms with Gasteiger partial charge in [-0.25, -0.2) is 14.8 Å². The molecule has 0 unspecified atom stereocenters. The Morgan fingerprint density at radius 3 is 2.50 bits per heavy atom. The number of rotatable bonds is 3. The number of nitrogens with zero attached hydrogens (tertiary/aromatic N) is 3. The molecule has 1 aromatic heterocycles. The molecule has 0 saturated carbocycles. The quantitative estimate of drug-likeness (QED) is 0.808. The fourth-order valence-electron chi connectivity index (χ4n) is 1.73. The Labute approximate surface area is 114 Å². The summed E-state index contributed by atoms with van der Waals surface area (Å²) in [6.07, 6.45) is 4.04. The maximum atomic E-state index is 12.2. The summed E-state index contributed by atoms with van der Waals surface area (Å²) in [4.78, 5) is 32.2. The fraction of sp³-hybridized carbons (Fsp3) is 0.0769. The molecule has 0 fully saturated rings. The third-order valence-electron chi connectivity index (χ3n) is 2.72. The lowest BCUT2D eigenvalue weighted by molar-refractivity contribution is 0.0698. The van der Waals surface area contributed by atoms with E-state index in [1.807, 2.05) is 0 Å². The lowest BCUT2D eigenvalue weighted by Gasteiger charge is -2.19. The minimum absolute atomic E-state index is 0.0438. The summed E-state index contributed by atoms with van der Waals surface area (Å²) in [5.41, 5.74) is 6.35. The van der Waals surface area contributed by atoms with Crippen LogP contribution in [0.4, 0.5) is 11.4 Å². The molecule has 7 heteroatoms. The minimum atomic E-state index is -1.16. The number of hydrogen-bond donors (Lipinski definition) is 2. The van der Waals surface area contributed by atoms with Gasteiger partial charge in [-0.3, -0.25) is 4.79 Å². The van der Waals surface area contributed by atoms with Crippen LogP contribution in [0, 0.1) is 0 Å². The largest absolute Gasteiger partial charge is 0.478 e. The first-order chi connectivity index (χ1) is 9.50. The number of carboxylic acids is 1. The number of carboxylic acid groups (broad SMARTS) is 1. The van der Waals surface area contributed by atoms with Gasteiger partial charge >= 0.3 is 5.97 Å². The van der Waals surface area contributed by atoms with Gasteiger partial charge in [0.25, 0.3) is 5.91 Å². The van der Waals surface area contributed by atoms with Crippen molar-refractivity contribution >= 4 is 23.3 Å². The number of carbonyl (C=O) groups is 2. The predicted molar refractivity (Wildman–Crippen MR) is 72.6 cm³/mol. The van der Waals surface area contributed by atoms with Crippen molar-refractivity contribution in [1.29, 1.82) is 0 Å². The zero-order valence-corrected chi connectivity index (χ0v) is 10.6. The first-order valence-corrected chi connectivity index (χ1v) is 5.66. The summed E-state index contributed by atoms with van der Waals surface area (Å²) in [6, 6.07) is 4.33. The Balaban J connectivity index is 2.41. The summed E-state index contributed by atoms with van der Waals surface area (Å²) in [5, 5.41) is 9.17. The van der Waals surface area contributed by atoms with Crippen LogP contribution in [0.5, 0.6) is 0 Å². The number of amides is 1. The van der Waals surface area contributed by atoms with Crippen molar-refractivity contribution in [3.8, 4) is 0 Å². The van der Waals surface area contributed by atoms with E-state index in [4.69, 9.17) is 5.73 Å². The average molecular weight is 272 g/mol. The number of aromatic carboxylic acids is 1. The Kier molecular flexibility index (Phi) is 3.60. The molecular weight excluding hydrogens is 260 g/mol. The van der Waals surface area contributed by atoms with Crippen molar-refractivity contribution in [3.63, 3.8) is 0 Å². The second-order valence-electron chi connectivity index (χ2n) is 4.07. The van der Waals surface area contributed by atoms with Crippen molar-refractivity contribution in [3.05, 3.63) is 48.0 Å². The molecule has 0 spiro atoms. The molecule has 7 nitrogen and oxygen atoms in total. The monoisotopic (exact) mass is 272 g/mol. The molecule has 1 aromatic carbocycles. The molecule has 0 radical (unpaired) electrons. The van der Waals surface area contributed by atoms with E-state index in [-0.39, 0.29) is 16.8 Å². The van der Waals surface area contributed by atoms with E-state index >= 15 is 0 Å². The molecule has 0 aliphatic heterocycles. The number of nitrogens with two attached hydrogens (primary N) is 1. The van der Waals surface area contributed by atoms with Gasteiger partial charge in [0.2, 0.25) is 0 Å². The maximum absolute atomic E-state index is 12.2. The third-order valence-corrected chi connectivity index (χ3v) is 2.72. The Bertz CT molecular complexity index is 658. The van der Waals surface area contributed by atoms with Crippen LogP contribution >= 0.6 is 0 Å². The van der Waals surface area contributed by atoms with Crippen LogP contribution < -0.4 is 10.6 Å². The van der Waals surface area contributed by atoms with E-state index in [0.29, 0.717) is 5.69 Å². The van der Waals surface area contributed by atoms with Crippen LogP contribution in [0.25, 0.3) is 0 Å². The molecule has 0 saturated heterocycles. The Hall–Kier alpha value is -2.96. The lowest BCUT2D eigenvalue weighted by atomic mass is 10.1. The third kappa shape index (κ3) is 2.56. The highest BCUT2D eigenvalue weighted by Crippen LogP contribution is 2.23. The SMILES string of the molecule is CN(C(=O)c1cncnc1)c1ccc(N)cc1C(=O)O. The van der Waals surface area contributed by atoms with E-state index in [9.17, 15) is 14.7 Å². The van der Waals surface area contributed by atoms with Gasteiger partial charge in [0.15, 0.2) is 0 Å². The zero-order valence-electron chi connectivity index (χ0n) is 10.6. The number of carbonyl (C=O) groups excluding carboxylic acids is 1. The summed E-state index contributed by atoms with van der Waals surface area (Å²) in [7, 11) is 1.48. The Morgan fingerprint density at radius 2 is 1.90 bits per heavy atom. The predicted octanol–water partition coefficient (Wildman–Crippen LogP) is 1.03. The van der Waals surface area contributed by atoms with Gasteiger partial charge in [-0.05, 0) is 18.2 Å². The van der Waals surface area contributed by atoms with Gasteiger partial charge in [-0.2, -0.15) is 0 Å². The molecule has 1 heterocycles. The molecule has 1 amide bonds. The van der Waals surface area contributed by atoms with Crippen LogP contribution in [-0.2, 0) is 0 Å². The summed E-state index contributed by atoms with van der Waals surface area (Å²) >= 11 is 0. The molecule has 3 N–H and O–H groups in total. The first-order valence-electron chi connectivity index (χ1n) is 5.66. The molecular formula is C13H12N4O3. The maximum Gasteiger partial charge on any atom is 0.337 e. The highest BCUT2D eigenvalue weighted by Gasteiger charge is 2.20. The standard InChI is InChI=1S/C13H12N4O3/c1-17(12(18)8-5-15-7-16-6-8)11-3-2-9(14)4-10(11)13(19)20/h2-7H,14H2,1H3,(H,19,20). The Morgan fingerprint density at radius 1 is 1.25 bits per heavy atom. The van der Waals surface area contributed by atoms with Gasteiger partial charge < -0.3 is 15.7 Å². The van der Waals surface area contributed by atoms with Gasteiger partial charge in [-0.1, -0.05) is 0 Å². The van der Waals surface area contributed by atoms with Crippen LogP contribution in [0.1, 0.15) is 20.7 Å². The van der Waals surface area contributed by atoms with E-state index in [1.54, 1.807) is 0 Å². The van der Waals surface area contributed by atoms with Crippen molar-refractivity contribution in [1.82, 2.24) is 9.97 Å². The van der Waals surface area contributed by atoms with Crippen LogP contribution in [0.3, 0.4) is 0 Å². The first kappa shape index (κ1) is 13.5. The minimum Gasteiger partial charge on any atom is -0.478 e. The number of aromatic nitrogens is 2. The molecule has 0 aliphatic carbocycles. The second kappa shape index (κ2) is 5.35. The topological polar surface area (TPSA) is 109 Å². The zero-order chi connectivity index (χ0) is 14.7. The molecule has 2 aromatic rings. The van der Waals surface area contributed by atoms with Gasteiger partial charge in [-0.15, -0.1) is 0 Å². The lowest BCUT2D eigenvalue weighted by Crippen LogP contribution is -2.28. The summed E-state index contributed by atoms with van der Waals surface area (Å²) in [6.45, 7) is 0. The smallest absolute Gasteiger partial charge is 0.337 e. The van der Waals surface area contributed by atoms with Crippen LogP contribution in [0.2, 0.25) is 0 Å². The van der Waals surface area contributed by atoms with Crippen molar-refractivity contribution < 1.29 is 14.7 Å². The van der Waals surface area contributed by atoms with Crippen LogP contribution in [0.15, 0.2) is 36.9 Å². The second-order valence-corrected chi connectivity index (χ2v) is 4.07. The number of anilines is 2. The number of benzene rings is 1.